The van der Waals surface area contributed by atoms with Crippen LogP contribution in [0.2, 0.25) is 0 Å². The van der Waals surface area contributed by atoms with Gasteiger partial charge in [0.05, 0.1) is 6.10 Å². The maximum atomic E-state index is 13.4. The van der Waals surface area contributed by atoms with E-state index < -0.39 is 0 Å². The minimum atomic E-state index is -0.138. The topological polar surface area (TPSA) is 21.3 Å². The standard InChI is InChI=1S/C14H20FNO/c1-14(2)12(8-13(14)17-3)16-9-10-6-4-5-7-11(10)15/h4-7,12-13,16H,8-9H2,1-3H3. The number of hydrogen-bond donors (Lipinski definition) is 1. The van der Waals surface area contributed by atoms with Gasteiger partial charge in [0.2, 0.25) is 0 Å². The van der Waals surface area contributed by atoms with Crippen molar-refractivity contribution in [3.63, 3.8) is 0 Å². The van der Waals surface area contributed by atoms with Crippen molar-refractivity contribution in [3.8, 4) is 0 Å². The monoisotopic (exact) mass is 237 g/mol. The quantitative estimate of drug-likeness (QED) is 0.869. The summed E-state index contributed by atoms with van der Waals surface area (Å²) >= 11 is 0. The highest BCUT2D eigenvalue weighted by Gasteiger charge is 2.48. The minimum Gasteiger partial charge on any atom is -0.381 e. The Morgan fingerprint density at radius 1 is 1.41 bits per heavy atom. The van der Waals surface area contributed by atoms with Crippen LogP contribution in [0, 0.1) is 11.2 Å². The number of nitrogens with one attached hydrogen (secondary N) is 1. The van der Waals surface area contributed by atoms with Crippen LogP contribution in [0.15, 0.2) is 24.3 Å². The number of benzene rings is 1. The van der Waals surface area contributed by atoms with Crippen LogP contribution in [0.1, 0.15) is 25.8 Å². The smallest absolute Gasteiger partial charge is 0.127 e. The van der Waals surface area contributed by atoms with Crippen LogP contribution < -0.4 is 5.32 Å². The van der Waals surface area contributed by atoms with Gasteiger partial charge in [0, 0.05) is 30.7 Å². The van der Waals surface area contributed by atoms with Gasteiger partial charge < -0.3 is 10.1 Å². The van der Waals surface area contributed by atoms with E-state index in [1.54, 1.807) is 13.2 Å². The van der Waals surface area contributed by atoms with Crippen molar-refractivity contribution in [2.45, 2.75) is 39.0 Å². The molecule has 3 heteroatoms. The number of halogens is 1. The maximum Gasteiger partial charge on any atom is 0.127 e. The van der Waals surface area contributed by atoms with Crippen LogP contribution in [0.5, 0.6) is 0 Å². The molecule has 1 saturated carbocycles. The zero-order chi connectivity index (χ0) is 12.5. The van der Waals surface area contributed by atoms with Crippen LogP contribution in [0.4, 0.5) is 4.39 Å². The van der Waals surface area contributed by atoms with Gasteiger partial charge in [-0.15, -0.1) is 0 Å². The first-order valence-corrected chi connectivity index (χ1v) is 6.05. The van der Waals surface area contributed by atoms with E-state index in [2.05, 4.69) is 19.2 Å². The largest absolute Gasteiger partial charge is 0.381 e. The Kier molecular flexibility index (Phi) is 3.50. The minimum absolute atomic E-state index is 0.125. The Morgan fingerprint density at radius 3 is 2.71 bits per heavy atom. The molecular formula is C14H20FNO. The van der Waals surface area contributed by atoms with Crippen molar-refractivity contribution in [1.29, 1.82) is 0 Å². The van der Waals surface area contributed by atoms with Crippen molar-refractivity contribution >= 4 is 0 Å². The summed E-state index contributed by atoms with van der Waals surface area (Å²) in [4.78, 5) is 0. The van der Waals surface area contributed by atoms with Gasteiger partial charge in [-0.2, -0.15) is 0 Å². The van der Waals surface area contributed by atoms with Crippen LogP contribution >= 0.6 is 0 Å². The Balaban J connectivity index is 1.91. The van der Waals surface area contributed by atoms with Crippen LogP contribution in [-0.2, 0) is 11.3 Å². The Labute approximate surface area is 102 Å². The number of rotatable bonds is 4. The third kappa shape index (κ3) is 2.35. The fourth-order valence-electron chi connectivity index (χ4n) is 2.51. The molecule has 94 valence electrons. The first kappa shape index (κ1) is 12.5. The Bertz CT molecular complexity index is 392. The van der Waals surface area contributed by atoms with Crippen molar-refractivity contribution in [3.05, 3.63) is 35.6 Å². The molecule has 0 radical (unpaired) electrons. The third-order valence-electron chi connectivity index (χ3n) is 3.96. The molecule has 1 N–H and O–H groups in total. The molecule has 2 unspecified atom stereocenters. The fraction of sp³-hybridized carbons (Fsp3) is 0.571. The first-order chi connectivity index (χ1) is 8.05. The van der Waals surface area contributed by atoms with Crippen LogP contribution in [-0.4, -0.2) is 19.3 Å². The van der Waals surface area contributed by atoms with Crippen LogP contribution in [0.3, 0.4) is 0 Å². The zero-order valence-electron chi connectivity index (χ0n) is 10.7. The molecule has 1 aliphatic rings. The molecule has 2 nitrogen and oxygen atoms in total. The van der Waals surface area contributed by atoms with E-state index in [9.17, 15) is 4.39 Å². The van der Waals surface area contributed by atoms with Gasteiger partial charge in [0.25, 0.3) is 0 Å². The van der Waals surface area contributed by atoms with Crippen molar-refractivity contribution < 1.29 is 9.13 Å². The summed E-state index contributed by atoms with van der Waals surface area (Å²) in [6.07, 6.45) is 1.30. The molecule has 0 amide bonds. The number of hydrogen-bond acceptors (Lipinski definition) is 2. The van der Waals surface area contributed by atoms with E-state index >= 15 is 0 Å². The summed E-state index contributed by atoms with van der Waals surface area (Å²) in [6, 6.07) is 7.30. The highest BCUT2D eigenvalue weighted by molar-refractivity contribution is 5.17. The Morgan fingerprint density at radius 2 is 2.12 bits per heavy atom. The van der Waals surface area contributed by atoms with Gasteiger partial charge in [-0.05, 0) is 12.5 Å². The molecule has 2 atom stereocenters. The Hall–Kier alpha value is -0.930. The third-order valence-corrected chi connectivity index (χ3v) is 3.96. The van der Waals surface area contributed by atoms with E-state index in [1.165, 1.54) is 6.07 Å². The molecule has 1 aromatic rings. The molecule has 0 aliphatic heterocycles. The van der Waals surface area contributed by atoms with E-state index in [0.717, 1.165) is 12.0 Å². The lowest BCUT2D eigenvalue weighted by Crippen LogP contribution is -2.60. The summed E-state index contributed by atoms with van der Waals surface area (Å²) in [5.41, 5.74) is 0.851. The van der Waals surface area contributed by atoms with Crippen molar-refractivity contribution in [2.24, 2.45) is 5.41 Å². The van der Waals surface area contributed by atoms with E-state index in [4.69, 9.17) is 4.74 Å². The van der Waals surface area contributed by atoms with Gasteiger partial charge in [-0.25, -0.2) is 4.39 Å². The highest BCUT2D eigenvalue weighted by Crippen LogP contribution is 2.42. The predicted molar refractivity (Wildman–Crippen MR) is 66.2 cm³/mol. The second-order valence-corrected chi connectivity index (χ2v) is 5.31. The molecule has 0 spiro atoms. The lowest BCUT2D eigenvalue weighted by molar-refractivity contribution is -0.0979. The van der Waals surface area contributed by atoms with Crippen LogP contribution in [0.25, 0.3) is 0 Å². The molecule has 0 saturated heterocycles. The summed E-state index contributed by atoms with van der Waals surface area (Å²) in [6.45, 7) is 4.95. The van der Waals surface area contributed by atoms with Gasteiger partial charge in [-0.1, -0.05) is 32.0 Å². The zero-order valence-corrected chi connectivity index (χ0v) is 10.7. The molecule has 1 aliphatic carbocycles. The summed E-state index contributed by atoms with van der Waals surface area (Å²) in [5.74, 6) is -0.138. The van der Waals surface area contributed by atoms with Gasteiger partial charge >= 0.3 is 0 Å². The first-order valence-electron chi connectivity index (χ1n) is 6.05. The molecule has 0 bridgehead atoms. The molecule has 1 fully saturated rings. The maximum absolute atomic E-state index is 13.4. The predicted octanol–water partition coefficient (Wildman–Crippen LogP) is 2.73. The van der Waals surface area contributed by atoms with E-state index in [-0.39, 0.29) is 11.2 Å². The average Bonchev–Trinajstić information content (AvgIpc) is 2.30. The fourth-order valence-corrected chi connectivity index (χ4v) is 2.51. The highest BCUT2D eigenvalue weighted by atomic mass is 19.1. The summed E-state index contributed by atoms with van der Waals surface area (Å²) in [5, 5.41) is 3.41. The SMILES string of the molecule is COC1CC(NCc2ccccc2F)C1(C)C. The van der Waals surface area contributed by atoms with Gasteiger partial charge in [-0.3, -0.25) is 0 Å². The van der Waals surface area contributed by atoms with Gasteiger partial charge in [0.15, 0.2) is 0 Å². The molecular weight excluding hydrogens is 217 g/mol. The molecule has 0 aromatic heterocycles. The van der Waals surface area contributed by atoms with Gasteiger partial charge in [0.1, 0.15) is 5.82 Å². The van der Waals surface area contributed by atoms with E-state index in [1.807, 2.05) is 12.1 Å². The normalized spacial score (nSPS) is 26.6. The second-order valence-electron chi connectivity index (χ2n) is 5.31. The lowest BCUT2D eigenvalue weighted by Gasteiger charge is -2.51. The molecule has 17 heavy (non-hydrogen) atoms. The number of ether oxygens (including phenoxy) is 1. The molecule has 0 heterocycles. The van der Waals surface area contributed by atoms with Crippen molar-refractivity contribution in [1.82, 2.24) is 5.32 Å². The molecule has 2 rings (SSSR count). The van der Waals surface area contributed by atoms with E-state index in [0.29, 0.717) is 18.7 Å². The summed E-state index contributed by atoms with van der Waals surface area (Å²) in [7, 11) is 1.75. The lowest BCUT2D eigenvalue weighted by atomic mass is 9.64. The average molecular weight is 237 g/mol. The second kappa shape index (κ2) is 4.75. The molecule has 1 aromatic carbocycles. The summed E-state index contributed by atoms with van der Waals surface area (Å²) < 4.78 is 18.8. The number of methoxy groups -OCH3 is 1. The van der Waals surface area contributed by atoms with Crippen molar-refractivity contribution in [2.75, 3.05) is 7.11 Å².